The van der Waals surface area contributed by atoms with Crippen LogP contribution in [0.4, 0.5) is 34.1 Å². The predicted octanol–water partition coefficient (Wildman–Crippen LogP) is 8.81. The molecule has 6 N–H and O–H groups in total. The summed E-state index contributed by atoms with van der Waals surface area (Å²) in [5, 5.41) is 18.5. The summed E-state index contributed by atoms with van der Waals surface area (Å²) in [7, 11) is 5.24. The van der Waals surface area contributed by atoms with E-state index >= 15 is 0 Å². The van der Waals surface area contributed by atoms with Gasteiger partial charge in [0, 0.05) is 108 Å². The van der Waals surface area contributed by atoms with Crippen LogP contribution in [0.5, 0.6) is 0 Å². The maximum atomic E-state index is 12.9. The van der Waals surface area contributed by atoms with Crippen LogP contribution in [0, 0.1) is 0 Å². The highest BCUT2D eigenvalue weighted by Crippen LogP contribution is 2.39. The first-order chi connectivity index (χ1) is 30.6. The van der Waals surface area contributed by atoms with Crippen molar-refractivity contribution in [2.24, 2.45) is 0 Å². The van der Waals surface area contributed by atoms with E-state index in [2.05, 4.69) is 31.9 Å². The van der Waals surface area contributed by atoms with Crippen LogP contribution < -0.4 is 31.9 Å². The van der Waals surface area contributed by atoms with E-state index in [4.69, 9.17) is 0 Å². The van der Waals surface area contributed by atoms with Crippen LogP contribution in [0.25, 0.3) is 0 Å². The normalized spacial score (nSPS) is 12.7. The van der Waals surface area contributed by atoms with Crippen molar-refractivity contribution in [1.82, 2.24) is 0 Å². The molecule has 12 heteroatoms. The summed E-state index contributed by atoms with van der Waals surface area (Å²) < 4.78 is 0. The number of carbonyl (C=O) groups is 6. The van der Waals surface area contributed by atoms with Crippen LogP contribution >= 0.6 is 0 Å². The molecule has 0 spiro atoms. The highest BCUT2D eigenvalue weighted by atomic mass is 16.2. The van der Waals surface area contributed by atoms with Gasteiger partial charge in [0.25, 0.3) is 0 Å². The first kappa shape index (κ1) is 43.2. The van der Waals surface area contributed by atoms with Gasteiger partial charge >= 0.3 is 0 Å². The van der Waals surface area contributed by atoms with Crippen LogP contribution in [0.1, 0.15) is 116 Å². The molecular formula is C51H48N6O6. The average Bonchev–Trinajstić information content (AvgIpc) is 3.32. The zero-order valence-corrected chi connectivity index (χ0v) is 36.0. The first-order valence-corrected chi connectivity index (χ1v) is 20.9. The van der Waals surface area contributed by atoms with Crippen molar-refractivity contribution < 1.29 is 28.8 Å². The van der Waals surface area contributed by atoms with Crippen molar-refractivity contribution in [2.45, 2.75) is 20.8 Å². The highest BCUT2D eigenvalue weighted by molar-refractivity contribution is 6.34. The second-order valence-corrected chi connectivity index (χ2v) is 14.7. The van der Waals surface area contributed by atoms with Gasteiger partial charge < -0.3 is 31.9 Å². The van der Waals surface area contributed by atoms with Gasteiger partial charge in [-0.25, -0.2) is 0 Å². The van der Waals surface area contributed by atoms with E-state index in [1.54, 1.807) is 93.9 Å². The van der Waals surface area contributed by atoms with Gasteiger partial charge in [0.2, 0.25) is 0 Å². The molecular weight excluding hydrogens is 793 g/mol. The fraction of sp³-hybridized carbons (Fsp3) is 0.176. The molecule has 3 aliphatic carbocycles. The largest absolute Gasteiger partial charge is 0.388 e. The quantitative estimate of drug-likeness (QED) is 0.0817. The molecule has 0 amide bonds. The topological polar surface area (TPSA) is 175 Å². The Bertz CT molecular complexity index is 2740. The van der Waals surface area contributed by atoms with Crippen LogP contribution in [0.15, 0.2) is 109 Å². The third-order valence-corrected chi connectivity index (χ3v) is 11.1. The summed E-state index contributed by atoms with van der Waals surface area (Å²) in [6.45, 7) is 7.96. The number of anilines is 6. The standard InChI is InChI=1S/C18H18N2O2.C17H16N2O2.C16H14N2O2/c1-3-19-13-9-10-14(20-4-2)16-15(13)17(21)11-7-5-6-8-12(11)18(16)22;1-3-19-13-9-8-12(18-2)14-15(13)17(21)11-7-5-4-6-10(11)16(14)20;1-17-11-7-8-12(18-2)14-13(11)15(19)9-5-3-4-6-10(9)16(14)20/h5-10,19-20H,3-4H2,1-2H3;4-9,18-19H,3H2,1-2H3;3-8,17-18H,1-2H3. The Morgan fingerprint density at radius 3 is 0.635 bits per heavy atom. The van der Waals surface area contributed by atoms with Gasteiger partial charge in [-0.1, -0.05) is 72.8 Å². The monoisotopic (exact) mass is 840 g/mol. The number of benzene rings is 6. The van der Waals surface area contributed by atoms with Gasteiger partial charge in [-0.2, -0.15) is 0 Å². The summed E-state index contributed by atoms with van der Waals surface area (Å²) in [6.07, 6.45) is 0. The lowest BCUT2D eigenvalue weighted by molar-refractivity contribution is 0.0980. The Kier molecular flexibility index (Phi) is 12.6. The van der Waals surface area contributed by atoms with Gasteiger partial charge in [-0.05, 0) is 57.2 Å². The van der Waals surface area contributed by atoms with Crippen LogP contribution in [0.2, 0.25) is 0 Å². The van der Waals surface area contributed by atoms with E-state index in [-0.39, 0.29) is 34.7 Å². The maximum Gasteiger partial charge on any atom is 0.196 e. The highest BCUT2D eigenvalue weighted by Gasteiger charge is 2.36. The number of carbonyl (C=O) groups excluding carboxylic acids is 6. The molecule has 0 bridgehead atoms. The fourth-order valence-corrected chi connectivity index (χ4v) is 8.31. The molecule has 6 aromatic rings. The lowest BCUT2D eigenvalue weighted by Gasteiger charge is -2.23. The molecule has 0 aromatic heterocycles. The summed E-state index contributed by atoms with van der Waals surface area (Å²) in [6, 6.07) is 31.9. The second-order valence-electron chi connectivity index (χ2n) is 14.7. The number of hydrogen-bond acceptors (Lipinski definition) is 12. The Balaban J connectivity index is 0.000000142. The first-order valence-electron chi connectivity index (χ1n) is 20.9. The molecule has 9 rings (SSSR count). The van der Waals surface area contributed by atoms with E-state index in [1.165, 1.54) is 0 Å². The molecule has 0 unspecified atom stereocenters. The fourth-order valence-electron chi connectivity index (χ4n) is 8.31. The van der Waals surface area contributed by atoms with E-state index in [1.807, 2.05) is 57.2 Å². The van der Waals surface area contributed by atoms with Crippen molar-refractivity contribution in [3.63, 3.8) is 0 Å². The van der Waals surface area contributed by atoms with E-state index in [9.17, 15) is 28.8 Å². The molecule has 0 saturated carbocycles. The zero-order chi connectivity index (χ0) is 44.9. The molecule has 3 aliphatic rings. The van der Waals surface area contributed by atoms with Crippen molar-refractivity contribution in [2.75, 3.05) is 72.7 Å². The minimum absolute atomic E-state index is 0.0964. The molecule has 0 saturated heterocycles. The van der Waals surface area contributed by atoms with Gasteiger partial charge in [0.05, 0.1) is 33.4 Å². The van der Waals surface area contributed by atoms with Crippen LogP contribution in [-0.4, -0.2) is 75.5 Å². The van der Waals surface area contributed by atoms with Gasteiger partial charge in [-0.3, -0.25) is 28.8 Å². The van der Waals surface area contributed by atoms with Crippen LogP contribution in [-0.2, 0) is 0 Å². The minimum Gasteiger partial charge on any atom is -0.388 e. The lowest BCUT2D eigenvalue weighted by Crippen LogP contribution is -2.24. The van der Waals surface area contributed by atoms with Gasteiger partial charge in [0.15, 0.2) is 34.7 Å². The Labute approximate surface area is 365 Å². The van der Waals surface area contributed by atoms with Crippen LogP contribution in [0.3, 0.4) is 0 Å². The number of hydrogen-bond donors (Lipinski definition) is 6. The SMILES string of the molecule is CCNc1ccc(NC)c2c1C(=O)c1ccccc1C2=O.CCNc1ccc(NCC)c2c1C(=O)c1ccccc1C2=O.CNc1ccc(NC)c2c1C(=O)c1ccccc1C2=O. The number of ketones is 6. The lowest BCUT2D eigenvalue weighted by atomic mass is 9.82. The summed E-state index contributed by atoms with van der Waals surface area (Å²) in [4.78, 5) is 76.7. The number of fused-ring (bicyclic) bond motifs is 6. The molecule has 0 heterocycles. The van der Waals surface area contributed by atoms with Crippen molar-refractivity contribution >= 4 is 68.8 Å². The van der Waals surface area contributed by atoms with Crippen molar-refractivity contribution in [3.8, 4) is 0 Å². The zero-order valence-electron chi connectivity index (χ0n) is 36.0. The minimum atomic E-state index is -0.114. The Hall–Kier alpha value is -7.86. The number of nitrogens with one attached hydrogen (secondary N) is 6. The molecule has 0 fully saturated rings. The van der Waals surface area contributed by atoms with Crippen molar-refractivity contribution in [3.05, 3.63) is 176 Å². The summed E-state index contributed by atoms with van der Waals surface area (Å²) in [5.41, 5.74) is 9.77. The summed E-state index contributed by atoms with van der Waals surface area (Å²) >= 11 is 0. The molecule has 0 aliphatic heterocycles. The van der Waals surface area contributed by atoms with E-state index in [0.717, 1.165) is 0 Å². The van der Waals surface area contributed by atoms with Crippen molar-refractivity contribution in [1.29, 1.82) is 0 Å². The molecule has 63 heavy (non-hydrogen) atoms. The average molecular weight is 841 g/mol. The van der Waals surface area contributed by atoms with E-state index in [0.29, 0.717) is 121 Å². The Morgan fingerprint density at radius 2 is 0.460 bits per heavy atom. The second kappa shape index (κ2) is 18.4. The molecule has 0 atom stereocenters. The molecule has 318 valence electrons. The third-order valence-electron chi connectivity index (χ3n) is 11.1. The maximum absolute atomic E-state index is 12.9. The molecule has 6 aromatic carbocycles. The Morgan fingerprint density at radius 1 is 0.286 bits per heavy atom. The molecule has 12 nitrogen and oxygen atoms in total. The predicted molar refractivity (Wildman–Crippen MR) is 250 cm³/mol. The number of rotatable bonds is 9. The summed E-state index contributed by atoms with van der Waals surface area (Å²) in [5.74, 6) is -0.632. The third kappa shape index (κ3) is 7.60. The van der Waals surface area contributed by atoms with E-state index < -0.39 is 0 Å². The smallest absolute Gasteiger partial charge is 0.196 e. The molecule has 0 radical (unpaired) electrons. The van der Waals surface area contributed by atoms with Gasteiger partial charge in [-0.15, -0.1) is 0 Å². The van der Waals surface area contributed by atoms with Gasteiger partial charge in [0.1, 0.15) is 0 Å².